The topological polar surface area (TPSA) is 75.1 Å². The van der Waals surface area contributed by atoms with Gasteiger partial charge in [0.1, 0.15) is 10.7 Å². The molecule has 4 aromatic rings. The number of aliphatic hydroxyl groups excluding tert-OH is 1. The number of pyridine rings is 1. The van der Waals surface area contributed by atoms with Gasteiger partial charge in [-0.1, -0.05) is 24.3 Å². The molecule has 0 saturated heterocycles. The summed E-state index contributed by atoms with van der Waals surface area (Å²) in [5.74, 6) is -0.214. The van der Waals surface area contributed by atoms with Gasteiger partial charge in [0.25, 0.3) is 5.91 Å². The van der Waals surface area contributed by atoms with Gasteiger partial charge < -0.3 is 10.4 Å². The molecule has 30 heavy (non-hydrogen) atoms. The monoisotopic (exact) mass is 435 g/mol. The smallest absolute Gasteiger partial charge is 0.270 e. The number of carbonyl (C=O) groups is 1. The molecule has 0 bridgehead atoms. The second-order valence-corrected chi connectivity index (χ2v) is 9.40. The lowest BCUT2D eigenvalue weighted by Crippen LogP contribution is -2.40. The van der Waals surface area contributed by atoms with Crippen LogP contribution < -0.4 is 5.32 Å². The van der Waals surface area contributed by atoms with Crippen molar-refractivity contribution in [1.29, 1.82) is 0 Å². The number of carbonyl (C=O) groups excluding carboxylic acids is 1. The molecule has 3 aromatic heterocycles. The molecular weight excluding hydrogens is 414 g/mol. The number of nitrogens with one attached hydrogen (secondary N) is 1. The van der Waals surface area contributed by atoms with E-state index in [1.165, 1.54) is 5.56 Å². The molecule has 1 fully saturated rings. The lowest BCUT2D eigenvalue weighted by molar-refractivity contribution is 0.0868. The van der Waals surface area contributed by atoms with Gasteiger partial charge in [0.2, 0.25) is 0 Å². The number of aromatic nitrogens is 2. The first-order valence-electron chi connectivity index (χ1n) is 10.0. The Morgan fingerprint density at radius 3 is 2.73 bits per heavy atom. The molecule has 2 N–H and O–H groups in total. The van der Waals surface area contributed by atoms with Crippen molar-refractivity contribution in [2.45, 2.75) is 37.8 Å². The zero-order chi connectivity index (χ0) is 20.5. The Kier molecular flexibility index (Phi) is 5.33. The molecule has 1 aliphatic carbocycles. The quantitative estimate of drug-likeness (QED) is 0.478. The molecule has 2 atom stereocenters. The fraction of sp³-hybridized carbons (Fsp3) is 0.261. The highest BCUT2D eigenvalue weighted by atomic mass is 32.1. The molecule has 5 nitrogen and oxygen atoms in total. The van der Waals surface area contributed by atoms with Gasteiger partial charge in [-0.2, -0.15) is 0 Å². The third-order valence-electron chi connectivity index (χ3n) is 5.54. The summed E-state index contributed by atoms with van der Waals surface area (Å²) in [6, 6.07) is 12.1. The molecule has 0 radical (unpaired) electrons. The van der Waals surface area contributed by atoms with Crippen molar-refractivity contribution in [3.63, 3.8) is 0 Å². The molecule has 7 heteroatoms. The predicted octanol–water partition coefficient (Wildman–Crippen LogP) is 4.65. The molecule has 0 aliphatic heterocycles. The summed E-state index contributed by atoms with van der Waals surface area (Å²) in [4.78, 5) is 21.7. The summed E-state index contributed by atoms with van der Waals surface area (Å²) in [7, 11) is 0. The third kappa shape index (κ3) is 3.88. The average molecular weight is 436 g/mol. The lowest BCUT2D eigenvalue weighted by Gasteiger charge is -2.16. The molecule has 1 amide bonds. The van der Waals surface area contributed by atoms with Crippen LogP contribution in [0.3, 0.4) is 0 Å². The van der Waals surface area contributed by atoms with Crippen molar-refractivity contribution in [3.05, 3.63) is 70.2 Å². The Morgan fingerprint density at radius 1 is 1.13 bits per heavy atom. The Morgan fingerprint density at radius 2 is 2.00 bits per heavy atom. The molecule has 1 saturated carbocycles. The Balaban J connectivity index is 1.41. The molecule has 0 unspecified atom stereocenters. The summed E-state index contributed by atoms with van der Waals surface area (Å²) in [5, 5.41) is 18.0. The van der Waals surface area contributed by atoms with Crippen molar-refractivity contribution in [1.82, 2.24) is 15.3 Å². The number of aliphatic hydroxyl groups is 1. The van der Waals surface area contributed by atoms with Gasteiger partial charge in [-0.25, -0.2) is 9.97 Å². The van der Waals surface area contributed by atoms with E-state index in [0.717, 1.165) is 52.0 Å². The fourth-order valence-electron chi connectivity index (χ4n) is 3.97. The predicted molar refractivity (Wildman–Crippen MR) is 121 cm³/mol. The lowest BCUT2D eigenvalue weighted by atomic mass is 10.0. The minimum absolute atomic E-state index is 0.181. The highest BCUT2D eigenvalue weighted by Crippen LogP contribution is 2.28. The van der Waals surface area contributed by atoms with Crippen LogP contribution in [0, 0.1) is 0 Å². The number of rotatable bonds is 5. The minimum Gasteiger partial charge on any atom is -0.391 e. The first-order valence-corrected chi connectivity index (χ1v) is 11.8. The van der Waals surface area contributed by atoms with E-state index in [0.29, 0.717) is 5.69 Å². The van der Waals surface area contributed by atoms with E-state index in [-0.39, 0.29) is 11.9 Å². The van der Waals surface area contributed by atoms with Crippen molar-refractivity contribution in [2.24, 2.45) is 0 Å². The van der Waals surface area contributed by atoms with E-state index >= 15 is 0 Å². The van der Waals surface area contributed by atoms with E-state index in [2.05, 4.69) is 39.6 Å². The maximum atomic E-state index is 12.8. The van der Waals surface area contributed by atoms with Gasteiger partial charge >= 0.3 is 0 Å². The number of fused-ring (bicyclic) bond motifs is 1. The minimum atomic E-state index is -0.463. The second-order valence-electron chi connectivity index (χ2n) is 7.59. The summed E-state index contributed by atoms with van der Waals surface area (Å²) >= 11 is 3.27. The van der Waals surface area contributed by atoms with Crippen molar-refractivity contribution in [2.75, 3.05) is 0 Å². The average Bonchev–Trinajstić information content (AvgIpc) is 3.51. The van der Waals surface area contributed by atoms with E-state index in [9.17, 15) is 9.90 Å². The summed E-state index contributed by atoms with van der Waals surface area (Å²) in [6.07, 6.45) is 4.57. The van der Waals surface area contributed by atoms with E-state index in [1.807, 2.05) is 29.1 Å². The van der Waals surface area contributed by atoms with Gasteiger partial charge in [0.05, 0.1) is 22.4 Å². The summed E-state index contributed by atoms with van der Waals surface area (Å²) < 4.78 is 1.11. The molecule has 3 heterocycles. The molecule has 0 spiro atoms. The molecular formula is C23H21N3O2S2. The van der Waals surface area contributed by atoms with Gasteiger partial charge in [-0.05, 0) is 54.3 Å². The number of amides is 1. The molecule has 1 aromatic carbocycles. The fourth-order valence-corrected chi connectivity index (χ4v) is 5.47. The van der Waals surface area contributed by atoms with Crippen LogP contribution in [0.15, 0.2) is 53.4 Å². The van der Waals surface area contributed by atoms with Crippen LogP contribution >= 0.6 is 22.7 Å². The van der Waals surface area contributed by atoms with E-state index < -0.39 is 6.10 Å². The van der Waals surface area contributed by atoms with Crippen LogP contribution in [0.2, 0.25) is 0 Å². The van der Waals surface area contributed by atoms with Crippen LogP contribution in [0.1, 0.15) is 40.9 Å². The first-order chi connectivity index (χ1) is 14.7. The second kappa shape index (κ2) is 8.26. The largest absolute Gasteiger partial charge is 0.391 e. The van der Waals surface area contributed by atoms with Gasteiger partial charge in [0, 0.05) is 17.1 Å². The number of hydrogen-bond acceptors (Lipinski definition) is 6. The molecule has 152 valence electrons. The third-order valence-corrected chi connectivity index (χ3v) is 7.35. The van der Waals surface area contributed by atoms with Crippen molar-refractivity contribution in [3.8, 4) is 10.6 Å². The summed E-state index contributed by atoms with van der Waals surface area (Å²) in [5.41, 5.74) is 4.63. The molecule has 5 rings (SSSR count). The SMILES string of the molecule is O=C(N[C@H]1CCC[C@@H]1O)c1cc(Cc2ccc(-c3nccs3)cc2)c2sccc2n1. The van der Waals surface area contributed by atoms with Crippen molar-refractivity contribution >= 4 is 38.8 Å². The number of thiophene rings is 1. The number of hydrogen-bond donors (Lipinski definition) is 2. The van der Waals surface area contributed by atoms with Crippen LogP contribution in [0.4, 0.5) is 0 Å². The first kappa shape index (κ1) is 19.4. The highest BCUT2D eigenvalue weighted by Gasteiger charge is 2.27. The van der Waals surface area contributed by atoms with E-state index in [4.69, 9.17) is 0 Å². The van der Waals surface area contributed by atoms with Crippen LogP contribution in [0.25, 0.3) is 20.8 Å². The number of benzene rings is 1. The Hall–Kier alpha value is -2.61. The normalized spacial score (nSPS) is 18.7. The van der Waals surface area contributed by atoms with Gasteiger partial charge in [-0.15, -0.1) is 22.7 Å². The molecule has 1 aliphatic rings. The number of nitrogens with zero attached hydrogens (tertiary/aromatic N) is 2. The zero-order valence-electron chi connectivity index (χ0n) is 16.2. The van der Waals surface area contributed by atoms with Crippen LogP contribution in [-0.2, 0) is 6.42 Å². The van der Waals surface area contributed by atoms with Crippen LogP contribution in [-0.4, -0.2) is 33.1 Å². The maximum Gasteiger partial charge on any atom is 0.270 e. The Bertz CT molecular complexity index is 1170. The standard InChI is InChI=1S/C23H21N3O2S2/c27-20-3-1-2-17(20)26-22(28)19-13-16(21-18(25-19)8-10-29-21)12-14-4-6-15(7-5-14)23-24-9-11-30-23/h4-11,13,17,20,27H,1-3,12H2,(H,26,28)/t17-,20-/m0/s1. The number of thiazole rings is 1. The Labute approximate surface area is 182 Å². The highest BCUT2D eigenvalue weighted by molar-refractivity contribution is 7.17. The van der Waals surface area contributed by atoms with E-state index in [1.54, 1.807) is 22.7 Å². The van der Waals surface area contributed by atoms with Crippen molar-refractivity contribution < 1.29 is 9.90 Å². The maximum absolute atomic E-state index is 12.8. The summed E-state index contributed by atoms with van der Waals surface area (Å²) in [6.45, 7) is 0. The van der Waals surface area contributed by atoms with Gasteiger partial charge in [0.15, 0.2) is 0 Å². The van der Waals surface area contributed by atoms with Gasteiger partial charge in [-0.3, -0.25) is 4.79 Å². The van der Waals surface area contributed by atoms with Crippen LogP contribution in [0.5, 0.6) is 0 Å². The zero-order valence-corrected chi connectivity index (χ0v) is 17.9.